The topological polar surface area (TPSA) is 59.2 Å². The van der Waals surface area contributed by atoms with Crippen molar-refractivity contribution >= 4 is 28.6 Å². The molecule has 0 atom stereocenters. The molecule has 0 aliphatic carbocycles. The number of nitrogens with zero attached hydrogens (tertiary/aromatic N) is 3. The Kier molecular flexibility index (Phi) is 3.31. The number of amides is 1. The van der Waals surface area contributed by atoms with Crippen LogP contribution in [0.25, 0.3) is 10.7 Å². The van der Waals surface area contributed by atoms with Crippen LogP contribution in [0.2, 0.25) is 0 Å². The normalized spacial score (nSPS) is 15.0. The lowest BCUT2D eigenvalue weighted by atomic mass is 10.00. The highest BCUT2D eigenvalue weighted by Crippen LogP contribution is 2.30. The van der Waals surface area contributed by atoms with Crippen molar-refractivity contribution in [3.05, 3.63) is 45.3 Å². The van der Waals surface area contributed by atoms with Crippen LogP contribution in [0.15, 0.2) is 33.5 Å². The molecule has 112 valence electrons. The second-order valence-electron chi connectivity index (χ2n) is 5.33. The van der Waals surface area contributed by atoms with Crippen molar-refractivity contribution in [2.45, 2.75) is 12.8 Å². The second-order valence-corrected chi connectivity index (χ2v) is 7.19. The predicted molar refractivity (Wildman–Crippen MR) is 85.3 cm³/mol. The third kappa shape index (κ3) is 2.36. The van der Waals surface area contributed by atoms with Crippen LogP contribution >= 0.6 is 22.7 Å². The molecule has 1 amide bonds. The molecule has 0 unspecified atom stereocenters. The molecule has 22 heavy (non-hydrogen) atoms. The van der Waals surface area contributed by atoms with Gasteiger partial charge >= 0.3 is 0 Å². The molecule has 1 aliphatic heterocycles. The minimum atomic E-state index is 0.0901. The van der Waals surface area contributed by atoms with Crippen LogP contribution < -0.4 is 0 Å². The third-order valence-electron chi connectivity index (χ3n) is 3.64. The summed E-state index contributed by atoms with van der Waals surface area (Å²) in [5, 5.41) is 8.00. The minimum Gasteiger partial charge on any atom is -0.339 e. The lowest BCUT2D eigenvalue weighted by Crippen LogP contribution is -2.48. The van der Waals surface area contributed by atoms with Crippen LogP contribution in [-0.2, 0) is 0 Å². The average molecular weight is 331 g/mol. The number of hydrogen-bond acceptors (Lipinski definition) is 6. The Labute approximate surface area is 135 Å². The van der Waals surface area contributed by atoms with Gasteiger partial charge in [-0.15, -0.1) is 22.7 Å². The molecule has 0 aromatic carbocycles. The minimum absolute atomic E-state index is 0.0901. The number of carbonyl (C=O) groups excluding carboxylic acids is 1. The van der Waals surface area contributed by atoms with Crippen molar-refractivity contribution in [2.75, 3.05) is 13.1 Å². The molecule has 4 heterocycles. The number of hydrogen-bond donors (Lipinski definition) is 0. The van der Waals surface area contributed by atoms with E-state index in [0.29, 0.717) is 24.8 Å². The summed E-state index contributed by atoms with van der Waals surface area (Å²) >= 11 is 3.08. The fraction of sp³-hybridized carbons (Fsp3) is 0.267. The van der Waals surface area contributed by atoms with Gasteiger partial charge in [0.1, 0.15) is 0 Å². The van der Waals surface area contributed by atoms with Crippen LogP contribution in [0.3, 0.4) is 0 Å². The quantitative estimate of drug-likeness (QED) is 0.738. The zero-order valence-electron chi connectivity index (χ0n) is 11.9. The summed E-state index contributed by atoms with van der Waals surface area (Å²) in [7, 11) is 0. The van der Waals surface area contributed by atoms with E-state index in [4.69, 9.17) is 4.52 Å². The van der Waals surface area contributed by atoms with Crippen molar-refractivity contribution in [1.29, 1.82) is 0 Å². The van der Waals surface area contributed by atoms with Crippen molar-refractivity contribution in [1.82, 2.24) is 15.0 Å². The van der Waals surface area contributed by atoms with Gasteiger partial charge in [0, 0.05) is 13.1 Å². The molecule has 3 aromatic rings. The largest absolute Gasteiger partial charge is 0.339 e. The molecule has 7 heteroatoms. The van der Waals surface area contributed by atoms with Gasteiger partial charge in [-0.25, -0.2) is 0 Å². The predicted octanol–water partition coefficient (Wildman–Crippen LogP) is 3.41. The summed E-state index contributed by atoms with van der Waals surface area (Å²) < 4.78 is 5.34. The fourth-order valence-electron chi connectivity index (χ4n) is 2.41. The fourth-order valence-corrected chi connectivity index (χ4v) is 3.92. The van der Waals surface area contributed by atoms with Gasteiger partial charge in [-0.1, -0.05) is 11.2 Å². The molecule has 4 rings (SSSR count). The van der Waals surface area contributed by atoms with Crippen molar-refractivity contribution in [2.24, 2.45) is 0 Å². The molecule has 3 aromatic heterocycles. The van der Waals surface area contributed by atoms with E-state index in [1.807, 2.05) is 40.8 Å². The highest BCUT2D eigenvalue weighted by Gasteiger charge is 2.36. The van der Waals surface area contributed by atoms with E-state index in [0.717, 1.165) is 15.3 Å². The van der Waals surface area contributed by atoms with Crippen LogP contribution in [0.5, 0.6) is 0 Å². The Morgan fingerprint density at radius 2 is 2.27 bits per heavy atom. The summed E-state index contributed by atoms with van der Waals surface area (Å²) in [5.41, 5.74) is 1.13. The summed E-state index contributed by atoms with van der Waals surface area (Å²) in [6, 6.07) is 5.86. The highest BCUT2D eigenvalue weighted by molar-refractivity contribution is 7.13. The number of rotatable bonds is 3. The van der Waals surface area contributed by atoms with Gasteiger partial charge in [0.25, 0.3) is 5.91 Å². The maximum absolute atomic E-state index is 12.3. The smallest absolute Gasteiger partial charge is 0.263 e. The summed E-state index contributed by atoms with van der Waals surface area (Å²) in [5.74, 6) is 1.48. The molecule has 1 saturated heterocycles. The molecule has 0 N–H and O–H groups in total. The third-order valence-corrected chi connectivity index (χ3v) is 5.54. The van der Waals surface area contributed by atoms with E-state index in [1.165, 1.54) is 11.3 Å². The zero-order chi connectivity index (χ0) is 15.1. The Morgan fingerprint density at radius 1 is 1.41 bits per heavy atom. The molecular formula is C15H13N3O2S2. The Bertz CT molecular complexity index is 800. The van der Waals surface area contributed by atoms with Gasteiger partial charge in [-0.3, -0.25) is 4.79 Å². The zero-order valence-corrected chi connectivity index (χ0v) is 13.5. The lowest BCUT2D eigenvalue weighted by Gasteiger charge is -2.36. The van der Waals surface area contributed by atoms with E-state index in [1.54, 1.807) is 11.3 Å². The van der Waals surface area contributed by atoms with E-state index < -0.39 is 0 Å². The molecule has 0 radical (unpaired) electrons. The summed E-state index contributed by atoms with van der Waals surface area (Å²) in [6.45, 7) is 3.28. The number of thiophene rings is 2. The first-order valence-corrected chi connectivity index (χ1v) is 8.68. The molecule has 5 nitrogen and oxygen atoms in total. The second kappa shape index (κ2) is 5.33. The Hall–Kier alpha value is -1.99. The average Bonchev–Trinajstić information content (AvgIpc) is 3.17. The maximum Gasteiger partial charge on any atom is 0.263 e. The first-order chi connectivity index (χ1) is 10.7. The van der Waals surface area contributed by atoms with Gasteiger partial charge in [0.05, 0.1) is 15.7 Å². The Morgan fingerprint density at radius 3 is 2.95 bits per heavy atom. The standard InChI is InChI=1S/C15H13N3O2S2/c1-9-5-12(22-8-9)15(19)18-6-10(7-18)14-16-13(17-20-14)11-3-2-4-21-11/h2-5,8,10H,6-7H2,1H3. The van der Waals surface area contributed by atoms with E-state index in [9.17, 15) is 4.79 Å². The van der Waals surface area contributed by atoms with Crippen LogP contribution in [-0.4, -0.2) is 34.0 Å². The van der Waals surface area contributed by atoms with Crippen LogP contribution in [0.1, 0.15) is 27.0 Å². The number of likely N-dealkylation sites (tertiary alicyclic amines) is 1. The summed E-state index contributed by atoms with van der Waals surface area (Å²) in [4.78, 5) is 20.3. The van der Waals surface area contributed by atoms with E-state index in [2.05, 4.69) is 10.1 Å². The SMILES string of the molecule is Cc1csc(C(=O)N2CC(c3nc(-c4cccs4)no3)C2)c1. The first kappa shape index (κ1) is 13.7. The molecule has 0 saturated carbocycles. The number of aromatic nitrogens is 2. The van der Waals surface area contributed by atoms with Gasteiger partial charge in [0.15, 0.2) is 0 Å². The maximum atomic E-state index is 12.3. The van der Waals surface area contributed by atoms with Crippen molar-refractivity contribution in [3.63, 3.8) is 0 Å². The van der Waals surface area contributed by atoms with Crippen LogP contribution in [0.4, 0.5) is 0 Å². The summed E-state index contributed by atoms with van der Waals surface area (Å²) in [6.07, 6.45) is 0. The van der Waals surface area contributed by atoms with E-state index >= 15 is 0 Å². The van der Waals surface area contributed by atoms with Gasteiger partial charge < -0.3 is 9.42 Å². The molecule has 0 spiro atoms. The van der Waals surface area contributed by atoms with E-state index in [-0.39, 0.29) is 11.8 Å². The van der Waals surface area contributed by atoms with Gasteiger partial charge in [0.2, 0.25) is 11.7 Å². The molecule has 1 aliphatic rings. The van der Waals surface area contributed by atoms with Crippen molar-refractivity contribution in [3.8, 4) is 10.7 Å². The number of carbonyl (C=O) groups is 1. The molecular weight excluding hydrogens is 318 g/mol. The monoisotopic (exact) mass is 331 g/mol. The Balaban J connectivity index is 1.42. The lowest BCUT2D eigenvalue weighted by molar-refractivity contribution is 0.0574. The van der Waals surface area contributed by atoms with Crippen molar-refractivity contribution < 1.29 is 9.32 Å². The first-order valence-electron chi connectivity index (χ1n) is 6.92. The highest BCUT2D eigenvalue weighted by atomic mass is 32.1. The van der Waals surface area contributed by atoms with Gasteiger partial charge in [-0.05, 0) is 35.4 Å². The van der Waals surface area contributed by atoms with Gasteiger partial charge in [-0.2, -0.15) is 4.98 Å². The number of aryl methyl sites for hydroxylation is 1. The van der Waals surface area contributed by atoms with Crippen LogP contribution in [0, 0.1) is 6.92 Å². The molecule has 1 fully saturated rings. The molecule has 0 bridgehead atoms.